The van der Waals surface area contributed by atoms with Gasteiger partial charge in [0.1, 0.15) is 0 Å². The number of benzene rings is 1. The summed E-state index contributed by atoms with van der Waals surface area (Å²) >= 11 is 0. The summed E-state index contributed by atoms with van der Waals surface area (Å²) in [6.07, 6.45) is 0.681. The number of aromatic nitrogens is 2. The van der Waals surface area contributed by atoms with E-state index in [0.29, 0.717) is 18.1 Å². The van der Waals surface area contributed by atoms with Gasteiger partial charge in [0.15, 0.2) is 24.0 Å². The monoisotopic (exact) mass is 265 g/mol. The zero-order valence-corrected chi connectivity index (χ0v) is 10.9. The van der Waals surface area contributed by atoms with E-state index in [1.807, 2.05) is 6.92 Å². The third-order valence-electron chi connectivity index (χ3n) is 2.66. The Labute approximate surface area is 110 Å². The van der Waals surface area contributed by atoms with Crippen LogP contribution in [0.1, 0.15) is 37.2 Å². The number of hydrogen-bond acceptors (Lipinski definition) is 5. The molecule has 0 saturated heterocycles. The van der Waals surface area contributed by atoms with E-state index >= 15 is 0 Å². The fourth-order valence-corrected chi connectivity index (χ4v) is 1.55. The van der Waals surface area contributed by atoms with Gasteiger partial charge in [-0.05, 0) is 24.6 Å². The lowest BCUT2D eigenvalue weighted by molar-refractivity contribution is 0.234. The lowest BCUT2D eigenvalue weighted by Gasteiger charge is -2.09. The largest absolute Gasteiger partial charge is 0.481 e. The Bertz CT molecular complexity index is 555. The quantitative estimate of drug-likeness (QED) is 0.898. The smallest absolute Gasteiger partial charge is 0.264 e. The zero-order chi connectivity index (χ0) is 13.8. The third-order valence-corrected chi connectivity index (χ3v) is 2.66. The molecule has 0 saturated carbocycles. The average Bonchev–Trinajstić information content (AvgIpc) is 2.85. The number of nitrogens with zero attached hydrogens (tertiary/aromatic N) is 2. The molecule has 2 aromatic rings. The number of nitrogens with two attached hydrogens (primary N) is 1. The predicted molar refractivity (Wildman–Crippen MR) is 67.0 cm³/mol. The van der Waals surface area contributed by atoms with Gasteiger partial charge in [-0.1, -0.05) is 18.1 Å². The molecule has 6 heteroatoms. The molecule has 1 atom stereocenters. The van der Waals surface area contributed by atoms with Crippen LogP contribution in [0.3, 0.4) is 0 Å². The highest BCUT2D eigenvalue weighted by Gasteiger charge is 2.10. The summed E-state index contributed by atoms with van der Waals surface area (Å²) in [5, 5.41) is 3.73. The second-order valence-electron chi connectivity index (χ2n) is 4.23. The minimum atomic E-state index is -0.454. The van der Waals surface area contributed by atoms with E-state index in [2.05, 4.69) is 10.1 Å². The lowest BCUT2D eigenvalue weighted by Crippen LogP contribution is -2.06. The first kappa shape index (κ1) is 13.5. The van der Waals surface area contributed by atoms with Gasteiger partial charge >= 0.3 is 0 Å². The lowest BCUT2D eigenvalue weighted by atomic mass is 10.1. The van der Waals surface area contributed by atoms with E-state index in [4.69, 9.17) is 15.0 Å². The second kappa shape index (κ2) is 5.79. The van der Waals surface area contributed by atoms with Gasteiger partial charge < -0.3 is 15.0 Å². The first-order chi connectivity index (χ1) is 9.10. The van der Waals surface area contributed by atoms with Gasteiger partial charge in [0.25, 0.3) is 5.89 Å². The minimum Gasteiger partial charge on any atom is -0.481 e. The Morgan fingerprint density at radius 1 is 1.47 bits per heavy atom. The van der Waals surface area contributed by atoms with Crippen LogP contribution < -0.4 is 10.5 Å². The van der Waals surface area contributed by atoms with Crippen molar-refractivity contribution < 1.29 is 13.7 Å². The Morgan fingerprint density at radius 2 is 2.26 bits per heavy atom. The van der Waals surface area contributed by atoms with Gasteiger partial charge in [-0.2, -0.15) is 4.98 Å². The van der Waals surface area contributed by atoms with Gasteiger partial charge in [-0.15, -0.1) is 0 Å². The Balaban J connectivity index is 2.03. The molecule has 19 heavy (non-hydrogen) atoms. The second-order valence-corrected chi connectivity index (χ2v) is 4.23. The van der Waals surface area contributed by atoms with Crippen LogP contribution in [0.4, 0.5) is 4.39 Å². The molecule has 0 bridgehead atoms. The van der Waals surface area contributed by atoms with Crippen molar-refractivity contribution in [3.05, 3.63) is 41.3 Å². The number of hydrogen-bond donors (Lipinski definition) is 1. The fourth-order valence-electron chi connectivity index (χ4n) is 1.55. The molecule has 0 aliphatic rings. The van der Waals surface area contributed by atoms with E-state index in [-0.39, 0.29) is 18.4 Å². The number of halogens is 1. The van der Waals surface area contributed by atoms with Crippen LogP contribution >= 0.6 is 0 Å². The normalized spacial score (nSPS) is 12.4. The first-order valence-electron chi connectivity index (χ1n) is 6.09. The highest BCUT2D eigenvalue weighted by molar-refractivity contribution is 5.30. The molecule has 0 aliphatic heterocycles. The molecule has 2 N–H and O–H groups in total. The van der Waals surface area contributed by atoms with Crippen molar-refractivity contribution in [1.82, 2.24) is 10.1 Å². The van der Waals surface area contributed by atoms with E-state index in [1.165, 1.54) is 6.07 Å². The summed E-state index contributed by atoms with van der Waals surface area (Å²) in [4.78, 5) is 4.07. The SMILES string of the molecule is CCc1noc(COc2ccc(C(C)N)cc2F)n1. The van der Waals surface area contributed by atoms with Gasteiger partial charge in [0.2, 0.25) is 0 Å². The van der Waals surface area contributed by atoms with E-state index in [9.17, 15) is 4.39 Å². The summed E-state index contributed by atoms with van der Waals surface area (Å²) in [6, 6.07) is 4.43. The summed E-state index contributed by atoms with van der Waals surface area (Å²) in [6.45, 7) is 3.75. The number of rotatable bonds is 5. The van der Waals surface area contributed by atoms with Gasteiger partial charge in [0, 0.05) is 12.5 Å². The highest BCUT2D eigenvalue weighted by atomic mass is 19.1. The van der Waals surface area contributed by atoms with Gasteiger partial charge in [-0.3, -0.25) is 0 Å². The molecule has 1 aromatic carbocycles. The molecular weight excluding hydrogens is 249 g/mol. The summed E-state index contributed by atoms with van der Waals surface area (Å²) < 4.78 is 24.0. The predicted octanol–water partition coefficient (Wildman–Crippen LogP) is 2.37. The Morgan fingerprint density at radius 3 is 2.84 bits per heavy atom. The maximum atomic E-state index is 13.7. The van der Waals surface area contributed by atoms with Crippen LogP contribution in [0.25, 0.3) is 0 Å². The molecule has 0 radical (unpaired) electrons. The summed E-state index contributed by atoms with van der Waals surface area (Å²) in [5.41, 5.74) is 6.39. The van der Waals surface area contributed by atoms with Crippen LogP contribution in [-0.2, 0) is 13.0 Å². The van der Waals surface area contributed by atoms with Crippen LogP contribution in [0, 0.1) is 5.82 Å². The molecule has 5 nitrogen and oxygen atoms in total. The van der Waals surface area contributed by atoms with Crippen LogP contribution in [-0.4, -0.2) is 10.1 Å². The van der Waals surface area contributed by atoms with Crippen LogP contribution in [0.15, 0.2) is 22.7 Å². The van der Waals surface area contributed by atoms with E-state index < -0.39 is 5.82 Å². The van der Waals surface area contributed by atoms with Crippen LogP contribution in [0.2, 0.25) is 0 Å². The molecule has 2 rings (SSSR count). The fraction of sp³-hybridized carbons (Fsp3) is 0.385. The molecule has 102 valence electrons. The van der Waals surface area contributed by atoms with Crippen molar-refractivity contribution in [2.75, 3.05) is 0 Å². The van der Waals surface area contributed by atoms with Crippen molar-refractivity contribution in [1.29, 1.82) is 0 Å². The van der Waals surface area contributed by atoms with Crippen LogP contribution in [0.5, 0.6) is 5.75 Å². The van der Waals surface area contributed by atoms with Gasteiger partial charge in [0.05, 0.1) is 0 Å². The molecule has 0 fully saturated rings. The summed E-state index contributed by atoms with van der Waals surface area (Å²) in [7, 11) is 0. The topological polar surface area (TPSA) is 74.2 Å². The average molecular weight is 265 g/mol. The van der Waals surface area contributed by atoms with Crippen molar-refractivity contribution in [3.63, 3.8) is 0 Å². The van der Waals surface area contributed by atoms with E-state index in [1.54, 1.807) is 19.1 Å². The van der Waals surface area contributed by atoms with Crippen molar-refractivity contribution in [2.24, 2.45) is 5.73 Å². The maximum absolute atomic E-state index is 13.7. The Hall–Kier alpha value is -1.95. The number of aryl methyl sites for hydroxylation is 1. The number of ether oxygens (including phenoxy) is 1. The minimum absolute atomic E-state index is 0.0431. The molecule has 1 heterocycles. The molecule has 0 amide bonds. The maximum Gasteiger partial charge on any atom is 0.264 e. The molecule has 0 aliphatic carbocycles. The van der Waals surface area contributed by atoms with E-state index in [0.717, 1.165) is 5.56 Å². The first-order valence-corrected chi connectivity index (χ1v) is 6.09. The Kier molecular flexibility index (Phi) is 4.11. The molecule has 1 aromatic heterocycles. The molecular formula is C13H16FN3O2. The highest BCUT2D eigenvalue weighted by Crippen LogP contribution is 2.21. The zero-order valence-electron chi connectivity index (χ0n) is 10.9. The molecule has 1 unspecified atom stereocenters. The van der Waals surface area contributed by atoms with Gasteiger partial charge in [-0.25, -0.2) is 4.39 Å². The standard InChI is InChI=1S/C13H16FN3O2/c1-3-12-16-13(19-17-12)7-18-11-5-4-9(8(2)15)6-10(11)14/h4-6,8H,3,7,15H2,1-2H3. The third kappa shape index (κ3) is 3.29. The van der Waals surface area contributed by atoms with Crippen molar-refractivity contribution in [3.8, 4) is 5.75 Å². The summed E-state index contributed by atoms with van der Waals surface area (Å²) in [5.74, 6) is 0.615. The van der Waals surface area contributed by atoms with Crippen molar-refractivity contribution >= 4 is 0 Å². The van der Waals surface area contributed by atoms with Crippen molar-refractivity contribution in [2.45, 2.75) is 32.9 Å². The molecule has 0 spiro atoms.